The second-order valence-corrected chi connectivity index (χ2v) is 6.29. The molecule has 21 heavy (non-hydrogen) atoms. The van der Waals surface area contributed by atoms with Crippen LogP contribution >= 0.6 is 11.3 Å². The lowest BCUT2D eigenvalue weighted by Gasteiger charge is -2.24. The summed E-state index contributed by atoms with van der Waals surface area (Å²) in [5.41, 5.74) is 0. The summed E-state index contributed by atoms with van der Waals surface area (Å²) in [6.07, 6.45) is 3.71. The average molecular weight is 304 g/mol. The molecule has 3 rings (SSSR count). The molecule has 2 aromatic rings. The van der Waals surface area contributed by atoms with Gasteiger partial charge in [0.1, 0.15) is 18.0 Å². The van der Waals surface area contributed by atoms with Gasteiger partial charge in [-0.15, -0.1) is 11.3 Å². The van der Waals surface area contributed by atoms with Crippen molar-refractivity contribution in [2.45, 2.75) is 31.8 Å². The zero-order valence-electron chi connectivity index (χ0n) is 12.1. The van der Waals surface area contributed by atoms with Gasteiger partial charge < -0.3 is 15.3 Å². The Morgan fingerprint density at radius 1 is 1.52 bits per heavy atom. The standard InChI is InChI=1S/C15H20N4OS/c1-11(13-5-3-7-21-13)18-14-8-15(17-10-16-14)19-6-2-4-12(19)9-20/h3,5,7-8,10-12,20H,2,4,6,9H2,1H3,(H,16,17,18)/t11-,12-/m0/s1. The van der Waals surface area contributed by atoms with E-state index in [0.29, 0.717) is 0 Å². The molecular weight excluding hydrogens is 284 g/mol. The van der Waals surface area contributed by atoms with Crippen LogP contribution in [0, 0.1) is 0 Å². The summed E-state index contributed by atoms with van der Waals surface area (Å²) in [6.45, 7) is 3.25. The maximum atomic E-state index is 9.44. The Morgan fingerprint density at radius 3 is 3.19 bits per heavy atom. The maximum Gasteiger partial charge on any atom is 0.134 e. The van der Waals surface area contributed by atoms with E-state index in [-0.39, 0.29) is 18.7 Å². The summed E-state index contributed by atoms with van der Waals surface area (Å²) in [6, 6.07) is 6.55. The fraction of sp³-hybridized carbons (Fsp3) is 0.467. The van der Waals surface area contributed by atoms with Crippen molar-refractivity contribution in [1.29, 1.82) is 0 Å². The van der Waals surface area contributed by atoms with Gasteiger partial charge in [-0.25, -0.2) is 9.97 Å². The molecule has 2 N–H and O–H groups in total. The third-order valence-electron chi connectivity index (χ3n) is 3.87. The number of anilines is 2. The average Bonchev–Trinajstić information content (AvgIpc) is 3.18. The largest absolute Gasteiger partial charge is 0.394 e. The summed E-state index contributed by atoms with van der Waals surface area (Å²) in [7, 11) is 0. The number of hydrogen-bond acceptors (Lipinski definition) is 6. The van der Waals surface area contributed by atoms with Crippen molar-refractivity contribution in [3.8, 4) is 0 Å². The Labute approximate surface area is 128 Å². The lowest BCUT2D eigenvalue weighted by atomic mass is 10.2. The molecule has 1 saturated heterocycles. The molecule has 1 fully saturated rings. The van der Waals surface area contributed by atoms with Crippen molar-refractivity contribution in [1.82, 2.24) is 9.97 Å². The van der Waals surface area contributed by atoms with Gasteiger partial charge in [0.05, 0.1) is 18.7 Å². The van der Waals surface area contributed by atoms with Gasteiger partial charge in [-0.05, 0) is 31.2 Å². The highest BCUT2D eigenvalue weighted by Crippen LogP contribution is 2.26. The first-order valence-corrected chi connectivity index (χ1v) is 8.15. The molecule has 1 aliphatic heterocycles. The fourth-order valence-corrected chi connectivity index (χ4v) is 3.48. The van der Waals surface area contributed by atoms with E-state index in [1.165, 1.54) is 4.88 Å². The number of aliphatic hydroxyl groups is 1. The first-order chi connectivity index (χ1) is 10.3. The number of nitrogens with one attached hydrogen (secondary N) is 1. The predicted molar refractivity (Wildman–Crippen MR) is 85.8 cm³/mol. The first-order valence-electron chi connectivity index (χ1n) is 7.27. The summed E-state index contributed by atoms with van der Waals surface area (Å²) in [5.74, 6) is 1.71. The second-order valence-electron chi connectivity index (χ2n) is 5.31. The van der Waals surface area contributed by atoms with E-state index in [0.717, 1.165) is 31.0 Å². The van der Waals surface area contributed by atoms with Crippen LogP contribution in [0.15, 0.2) is 29.9 Å². The van der Waals surface area contributed by atoms with Crippen LogP contribution in [0.4, 0.5) is 11.6 Å². The van der Waals surface area contributed by atoms with Crippen molar-refractivity contribution in [2.24, 2.45) is 0 Å². The topological polar surface area (TPSA) is 61.3 Å². The minimum absolute atomic E-state index is 0.179. The Hall–Kier alpha value is -1.66. The van der Waals surface area contributed by atoms with Crippen molar-refractivity contribution >= 4 is 23.0 Å². The van der Waals surface area contributed by atoms with Gasteiger partial charge in [-0.2, -0.15) is 0 Å². The summed E-state index contributed by atoms with van der Waals surface area (Å²) in [4.78, 5) is 12.1. The molecule has 1 aliphatic rings. The summed E-state index contributed by atoms with van der Waals surface area (Å²) < 4.78 is 0. The van der Waals surface area contributed by atoms with Crippen LogP contribution < -0.4 is 10.2 Å². The lowest BCUT2D eigenvalue weighted by molar-refractivity contribution is 0.266. The van der Waals surface area contributed by atoms with Crippen LogP contribution in [0.5, 0.6) is 0 Å². The van der Waals surface area contributed by atoms with Crippen LogP contribution in [0.1, 0.15) is 30.7 Å². The number of aromatic nitrogens is 2. The third kappa shape index (κ3) is 3.16. The number of aliphatic hydroxyl groups excluding tert-OH is 1. The van der Waals surface area contributed by atoms with Gasteiger partial charge in [0.2, 0.25) is 0 Å². The van der Waals surface area contributed by atoms with Crippen molar-refractivity contribution in [3.63, 3.8) is 0 Å². The van der Waals surface area contributed by atoms with Gasteiger partial charge in [0, 0.05) is 17.5 Å². The Morgan fingerprint density at radius 2 is 2.43 bits per heavy atom. The number of hydrogen-bond donors (Lipinski definition) is 2. The number of nitrogens with zero attached hydrogens (tertiary/aromatic N) is 3. The highest BCUT2D eigenvalue weighted by Gasteiger charge is 2.25. The van der Waals surface area contributed by atoms with E-state index in [4.69, 9.17) is 0 Å². The third-order valence-corrected chi connectivity index (χ3v) is 4.92. The molecule has 112 valence electrons. The van der Waals surface area contributed by atoms with Gasteiger partial charge in [-0.1, -0.05) is 6.07 Å². The zero-order chi connectivity index (χ0) is 14.7. The van der Waals surface area contributed by atoms with Crippen LogP contribution in [0.2, 0.25) is 0 Å². The summed E-state index contributed by atoms with van der Waals surface area (Å²) >= 11 is 1.73. The minimum Gasteiger partial charge on any atom is -0.394 e. The van der Waals surface area contributed by atoms with E-state index in [1.807, 2.05) is 6.07 Å². The predicted octanol–water partition coefficient (Wildman–Crippen LogP) is 2.67. The Balaban J connectivity index is 1.74. The van der Waals surface area contributed by atoms with E-state index >= 15 is 0 Å². The van der Waals surface area contributed by atoms with Crippen molar-refractivity contribution in [2.75, 3.05) is 23.4 Å². The van der Waals surface area contributed by atoms with Crippen LogP contribution in [-0.2, 0) is 0 Å². The van der Waals surface area contributed by atoms with Gasteiger partial charge in [-0.3, -0.25) is 0 Å². The second kappa shape index (κ2) is 6.41. The first kappa shape index (κ1) is 14.3. The molecule has 0 radical (unpaired) electrons. The van der Waals surface area contributed by atoms with Crippen molar-refractivity contribution in [3.05, 3.63) is 34.8 Å². The Kier molecular flexibility index (Phi) is 4.36. The summed E-state index contributed by atoms with van der Waals surface area (Å²) in [5, 5.41) is 14.9. The highest BCUT2D eigenvalue weighted by molar-refractivity contribution is 7.10. The van der Waals surface area contributed by atoms with E-state index in [9.17, 15) is 5.11 Å². The number of thiophene rings is 1. The SMILES string of the molecule is C[C@H](Nc1cc(N2CCC[C@H]2CO)ncn1)c1cccs1. The molecule has 0 saturated carbocycles. The molecule has 5 nitrogen and oxygen atoms in total. The maximum absolute atomic E-state index is 9.44. The molecule has 0 bridgehead atoms. The molecule has 2 aromatic heterocycles. The molecular formula is C15H20N4OS. The molecule has 0 unspecified atom stereocenters. The smallest absolute Gasteiger partial charge is 0.134 e. The molecule has 0 aliphatic carbocycles. The fourth-order valence-electron chi connectivity index (χ4n) is 2.74. The number of rotatable bonds is 5. The van der Waals surface area contributed by atoms with Crippen LogP contribution in [-0.4, -0.2) is 34.3 Å². The monoisotopic (exact) mass is 304 g/mol. The molecule has 0 amide bonds. The zero-order valence-corrected chi connectivity index (χ0v) is 12.9. The molecule has 3 heterocycles. The van der Waals surface area contributed by atoms with E-state index in [1.54, 1.807) is 17.7 Å². The molecule has 0 spiro atoms. The van der Waals surface area contributed by atoms with Gasteiger partial charge in [0.15, 0.2) is 0 Å². The minimum atomic E-state index is 0.179. The quantitative estimate of drug-likeness (QED) is 0.889. The normalized spacial score (nSPS) is 19.7. The van der Waals surface area contributed by atoms with E-state index < -0.39 is 0 Å². The van der Waals surface area contributed by atoms with Gasteiger partial charge >= 0.3 is 0 Å². The van der Waals surface area contributed by atoms with Crippen molar-refractivity contribution < 1.29 is 5.11 Å². The van der Waals surface area contributed by atoms with Crippen LogP contribution in [0.25, 0.3) is 0 Å². The van der Waals surface area contributed by atoms with E-state index in [2.05, 4.69) is 44.6 Å². The van der Waals surface area contributed by atoms with Crippen LogP contribution in [0.3, 0.4) is 0 Å². The van der Waals surface area contributed by atoms with Gasteiger partial charge in [0.25, 0.3) is 0 Å². The Bertz CT molecular complexity index is 575. The lowest BCUT2D eigenvalue weighted by Crippen LogP contribution is -2.32. The molecule has 6 heteroatoms. The molecule has 0 aromatic carbocycles. The highest BCUT2D eigenvalue weighted by atomic mass is 32.1. The molecule has 2 atom stereocenters.